The number of amides is 1. The molecule has 1 aromatic rings. The van der Waals surface area contributed by atoms with Gasteiger partial charge in [-0.25, -0.2) is 0 Å². The van der Waals surface area contributed by atoms with Gasteiger partial charge in [-0.05, 0) is 72.9 Å². The molecule has 2 aliphatic heterocycles. The van der Waals surface area contributed by atoms with Crippen molar-refractivity contribution in [2.45, 2.75) is 69.7 Å². The van der Waals surface area contributed by atoms with Crippen LogP contribution in [0.4, 0.5) is 0 Å². The molecule has 5 heteroatoms. The van der Waals surface area contributed by atoms with E-state index in [4.69, 9.17) is 0 Å². The fraction of sp³-hybridized carbons (Fsp3) is 0.565. The van der Waals surface area contributed by atoms with E-state index in [1.807, 2.05) is 0 Å². The van der Waals surface area contributed by atoms with Crippen LogP contribution in [0.25, 0.3) is 0 Å². The molecule has 28 heavy (non-hydrogen) atoms. The largest absolute Gasteiger partial charge is 1.00 e. The molecule has 1 unspecified atom stereocenters. The van der Waals surface area contributed by atoms with Crippen molar-refractivity contribution in [1.82, 2.24) is 10.6 Å². The van der Waals surface area contributed by atoms with Crippen LogP contribution in [0.15, 0.2) is 18.7 Å². The van der Waals surface area contributed by atoms with Crippen molar-refractivity contribution < 1.29 is 61.0 Å². The quantitative estimate of drug-likeness (QED) is 0.431. The van der Waals surface area contributed by atoms with Gasteiger partial charge in [0.2, 0.25) is 0 Å². The van der Waals surface area contributed by atoms with E-state index in [1.54, 1.807) is 11.8 Å². The summed E-state index contributed by atoms with van der Waals surface area (Å²) in [5, 5.41) is 6.49. The fourth-order valence-corrected chi connectivity index (χ4v) is 4.96. The van der Waals surface area contributed by atoms with Gasteiger partial charge >= 0.3 is 51.4 Å². The van der Waals surface area contributed by atoms with Gasteiger partial charge in [0.05, 0.1) is 0 Å². The Kier molecular flexibility index (Phi) is 9.58. The molecule has 0 aromatic heterocycles. The van der Waals surface area contributed by atoms with Gasteiger partial charge < -0.3 is 21.5 Å². The van der Waals surface area contributed by atoms with Crippen LogP contribution in [-0.4, -0.2) is 25.3 Å². The van der Waals surface area contributed by atoms with Gasteiger partial charge in [-0.3, -0.25) is 17.7 Å². The van der Waals surface area contributed by atoms with Crippen LogP contribution >= 0.6 is 0 Å². The molecule has 3 aliphatic rings. The van der Waals surface area contributed by atoms with E-state index in [9.17, 15) is 9.59 Å². The number of fused-ring (bicyclic) bond motifs is 4. The summed E-state index contributed by atoms with van der Waals surface area (Å²) < 4.78 is 0. The van der Waals surface area contributed by atoms with Crippen molar-refractivity contribution in [3.8, 4) is 0 Å². The molecule has 1 aromatic carbocycles. The first-order chi connectivity index (χ1) is 13.2. The Hall–Kier alpha value is -0.304. The summed E-state index contributed by atoms with van der Waals surface area (Å²) in [7, 11) is 0. The zero-order valence-corrected chi connectivity index (χ0v) is 20.4. The summed E-state index contributed by atoms with van der Waals surface area (Å²) in [6.45, 7) is 8.66. The Balaban J connectivity index is 0.000000306. The van der Waals surface area contributed by atoms with Crippen LogP contribution in [0.5, 0.6) is 0 Å². The van der Waals surface area contributed by atoms with Gasteiger partial charge in [-0.15, -0.1) is 6.42 Å². The number of allylic oxidation sites excluding steroid dienone is 1. The minimum Gasteiger partial charge on any atom is -0.542 e. The van der Waals surface area contributed by atoms with Crippen molar-refractivity contribution in [1.29, 1.82) is 0 Å². The zero-order chi connectivity index (χ0) is 19.3. The average molecular weight is 406 g/mol. The van der Waals surface area contributed by atoms with Crippen molar-refractivity contribution in [3.63, 3.8) is 0 Å². The predicted octanol–water partition coefficient (Wildman–Crippen LogP) is 0.708. The molecule has 146 valence electrons. The third-order valence-electron chi connectivity index (χ3n) is 6.33. The summed E-state index contributed by atoms with van der Waals surface area (Å²) >= 11 is 0. The number of carbonyl (C=O) groups is 1. The summed E-state index contributed by atoms with van der Waals surface area (Å²) in [6.07, 6.45) is 11.6. The second kappa shape index (κ2) is 11.2. The van der Waals surface area contributed by atoms with E-state index >= 15 is 0 Å². The minimum atomic E-state index is 0. The third-order valence-corrected chi connectivity index (χ3v) is 6.33. The Morgan fingerprint density at radius 1 is 1.25 bits per heavy atom. The molecule has 2 heterocycles. The molecule has 2 N–H and O–H groups in total. The van der Waals surface area contributed by atoms with Crippen LogP contribution in [-0.2, 0) is 16.8 Å². The molecular weight excluding hydrogens is 375 g/mol. The fourth-order valence-electron chi connectivity index (χ4n) is 4.96. The maximum Gasteiger partial charge on any atom is 1.00 e. The molecule has 1 spiro atoms. The van der Waals surface area contributed by atoms with Crippen LogP contribution in [0, 0.1) is 6.08 Å². The molecule has 1 fully saturated rings. The van der Waals surface area contributed by atoms with Crippen LogP contribution in [0.3, 0.4) is 0 Å². The number of benzene rings is 1. The topological polar surface area (TPSA) is 58.2 Å². The van der Waals surface area contributed by atoms with Gasteiger partial charge in [-0.2, -0.15) is 12.8 Å². The number of piperidine rings is 1. The van der Waals surface area contributed by atoms with E-state index in [0.29, 0.717) is 17.8 Å². The molecule has 4 nitrogen and oxygen atoms in total. The van der Waals surface area contributed by atoms with E-state index < -0.39 is 0 Å². The van der Waals surface area contributed by atoms with Crippen LogP contribution in [0.2, 0.25) is 0 Å². The second-order valence-corrected chi connectivity index (χ2v) is 7.82. The van der Waals surface area contributed by atoms with E-state index in [-0.39, 0.29) is 57.3 Å². The number of hydrogen-bond donors (Lipinski definition) is 2. The molecule has 1 atom stereocenters. The average Bonchev–Trinajstić information content (AvgIpc) is 3.22. The predicted molar refractivity (Wildman–Crippen MR) is 107 cm³/mol. The summed E-state index contributed by atoms with van der Waals surface area (Å²) in [5.74, 6) is 0.759. The van der Waals surface area contributed by atoms with E-state index in [0.717, 1.165) is 38.0 Å². The molecule has 0 bridgehead atoms. The smallest absolute Gasteiger partial charge is 0.542 e. The molecule has 4 rings (SSSR count). The van der Waals surface area contributed by atoms with Gasteiger partial charge in [0.25, 0.3) is 5.91 Å². The number of unbranched alkanes of at least 4 members (excludes halogenated alkanes) is 2. The monoisotopic (exact) mass is 405 g/mol. The number of carbonyl (C=O) groups excluding carboxylic acids is 2. The number of hydrogen-bond acceptors (Lipinski definition) is 3. The molecule has 1 aliphatic carbocycles. The molecular formula is C23H30KN2O2-. The maximum absolute atomic E-state index is 11.9. The van der Waals surface area contributed by atoms with Crippen molar-refractivity contribution in [3.05, 3.63) is 47.0 Å². The third kappa shape index (κ3) is 4.88. The second-order valence-electron chi connectivity index (χ2n) is 7.82. The number of nitrogens with one attached hydrogen (secondary N) is 2. The van der Waals surface area contributed by atoms with Gasteiger partial charge in [0.15, 0.2) is 0 Å². The van der Waals surface area contributed by atoms with Crippen LogP contribution in [0.1, 0.15) is 84.8 Å². The van der Waals surface area contributed by atoms with E-state index in [1.165, 1.54) is 36.8 Å². The first-order valence-electron chi connectivity index (χ1n) is 10.2. The Morgan fingerprint density at radius 2 is 2.00 bits per heavy atom. The Bertz CT molecular complexity index is 703. The van der Waals surface area contributed by atoms with Crippen molar-refractivity contribution in [2.24, 2.45) is 0 Å². The Morgan fingerprint density at radius 3 is 2.64 bits per heavy atom. The molecule has 1 amide bonds. The SMILES string of the molecule is C=[C-]CCC[C-]=O.CCC1CC2(CCNCC2)c2ccc3c(c21)CNC3=O.[K+]. The van der Waals surface area contributed by atoms with Crippen molar-refractivity contribution in [2.75, 3.05) is 13.1 Å². The molecule has 0 radical (unpaired) electrons. The standard InChI is InChI=1S/C17H22N2O.C6H8O.K/c1-2-11-9-17(5-7-18-8-6-17)14-4-3-12-13(15(11)14)10-19-16(12)20;1-2-3-4-5-6-7;/h3-4,11,18H,2,5-10H2,1H3,(H,19,20);1,3-5H2;/q;-2;+1. The Labute approximate surface area is 211 Å². The molecule has 0 saturated carbocycles. The first kappa shape index (κ1) is 24.0. The van der Waals surface area contributed by atoms with Crippen molar-refractivity contribution >= 4 is 12.2 Å². The van der Waals surface area contributed by atoms with Crippen LogP contribution < -0.4 is 62.0 Å². The van der Waals surface area contributed by atoms with Gasteiger partial charge in [-0.1, -0.05) is 13.0 Å². The summed E-state index contributed by atoms with van der Waals surface area (Å²) in [5.41, 5.74) is 5.68. The molecule has 1 saturated heterocycles. The van der Waals surface area contributed by atoms with Gasteiger partial charge in [0, 0.05) is 12.1 Å². The minimum absolute atomic E-state index is 0. The maximum atomic E-state index is 11.9. The zero-order valence-electron chi connectivity index (χ0n) is 17.3. The first-order valence-corrected chi connectivity index (χ1v) is 10.2. The summed E-state index contributed by atoms with van der Waals surface area (Å²) in [4.78, 5) is 21.4. The summed E-state index contributed by atoms with van der Waals surface area (Å²) in [6, 6.07) is 4.33. The van der Waals surface area contributed by atoms with E-state index in [2.05, 4.69) is 42.3 Å². The number of rotatable bonds is 5. The normalized spacial score (nSPS) is 20.9. The van der Waals surface area contributed by atoms with Gasteiger partial charge in [0.1, 0.15) is 0 Å².